The smallest absolute Gasteiger partial charge is 0.257 e. The van der Waals surface area contributed by atoms with Crippen LogP contribution in [0.1, 0.15) is 24.5 Å². The van der Waals surface area contributed by atoms with Gasteiger partial charge in [0.1, 0.15) is 6.04 Å². The zero-order valence-corrected chi connectivity index (χ0v) is 14.3. The van der Waals surface area contributed by atoms with E-state index in [0.717, 1.165) is 11.1 Å². The highest BCUT2D eigenvalue weighted by atomic mass is 16.2. The third kappa shape index (κ3) is 3.45. The van der Waals surface area contributed by atoms with Crippen LogP contribution in [0.3, 0.4) is 0 Å². The molecule has 5 nitrogen and oxygen atoms in total. The van der Waals surface area contributed by atoms with Crippen LogP contribution in [0.5, 0.6) is 0 Å². The van der Waals surface area contributed by atoms with Crippen LogP contribution < -0.4 is 4.90 Å². The van der Waals surface area contributed by atoms with E-state index in [2.05, 4.69) is 0 Å². The first-order valence-corrected chi connectivity index (χ1v) is 8.22. The van der Waals surface area contributed by atoms with Gasteiger partial charge < -0.3 is 4.90 Å². The number of benzene rings is 2. The molecule has 0 saturated carbocycles. The van der Waals surface area contributed by atoms with Crippen molar-refractivity contribution in [3.05, 3.63) is 65.7 Å². The van der Waals surface area contributed by atoms with Gasteiger partial charge >= 0.3 is 0 Å². The van der Waals surface area contributed by atoms with Gasteiger partial charge in [0.25, 0.3) is 5.91 Å². The maximum atomic E-state index is 12.8. The fraction of sp³-hybridized carbons (Fsp3) is 0.250. The van der Waals surface area contributed by atoms with Crippen LogP contribution in [0.15, 0.2) is 54.6 Å². The molecule has 0 radical (unpaired) electrons. The molecule has 1 saturated heterocycles. The average Bonchev–Trinajstić information content (AvgIpc) is 2.89. The number of hydrogen-bond donors (Lipinski definition) is 0. The Hall–Kier alpha value is -2.95. The van der Waals surface area contributed by atoms with Crippen LogP contribution in [0, 0.1) is 6.92 Å². The molecule has 0 N–H and O–H groups in total. The van der Waals surface area contributed by atoms with E-state index in [9.17, 15) is 14.4 Å². The van der Waals surface area contributed by atoms with Crippen LogP contribution in [0.2, 0.25) is 0 Å². The minimum absolute atomic E-state index is 0.0130. The van der Waals surface area contributed by atoms with Gasteiger partial charge in [-0.1, -0.05) is 48.0 Å². The van der Waals surface area contributed by atoms with Crippen LogP contribution in [-0.4, -0.2) is 28.7 Å². The van der Waals surface area contributed by atoms with Crippen molar-refractivity contribution >= 4 is 23.4 Å². The van der Waals surface area contributed by atoms with Gasteiger partial charge in [0.15, 0.2) is 0 Å². The Morgan fingerprint density at radius 2 is 1.72 bits per heavy atom. The van der Waals surface area contributed by atoms with Crippen LogP contribution in [0.25, 0.3) is 0 Å². The van der Waals surface area contributed by atoms with E-state index in [4.69, 9.17) is 0 Å². The molecule has 1 heterocycles. The SMILES string of the molecule is CC(=O)N(Cc1ccccc1)C1CC(=O)N(c2ccc(C)cc2)C1=O. The molecule has 0 bridgehead atoms. The molecule has 1 fully saturated rings. The Balaban J connectivity index is 1.86. The van der Waals surface area contributed by atoms with Gasteiger partial charge in [0, 0.05) is 13.5 Å². The number of imide groups is 1. The van der Waals surface area contributed by atoms with Gasteiger partial charge in [-0.05, 0) is 24.6 Å². The van der Waals surface area contributed by atoms with E-state index in [-0.39, 0.29) is 24.1 Å². The van der Waals surface area contributed by atoms with Gasteiger partial charge in [0.2, 0.25) is 11.8 Å². The van der Waals surface area contributed by atoms with Crippen molar-refractivity contribution in [2.24, 2.45) is 0 Å². The fourth-order valence-electron chi connectivity index (χ4n) is 3.05. The molecule has 1 atom stereocenters. The van der Waals surface area contributed by atoms with E-state index in [1.54, 1.807) is 12.1 Å². The first-order valence-electron chi connectivity index (χ1n) is 8.22. The summed E-state index contributed by atoms with van der Waals surface area (Å²) in [6, 6.07) is 15.9. The standard InChI is InChI=1S/C20H20N2O3/c1-14-8-10-17(11-9-14)22-19(24)12-18(20(22)25)21(15(2)23)13-16-6-4-3-5-7-16/h3-11,18H,12-13H2,1-2H3. The summed E-state index contributed by atoms with van der Waals surface area (Å²) in [7, 11) is 0. The monoisotopic (exact) mass is 336 g/mol. The van der Waals surface area contributed by atoms with Crippen molar-refractivity contribution < 1.29 is 14.4 Å². The molecule has 3 amide bonds. The molecule has 0 aliphatic carbocycles. The first-order chi connectivity index (χ1) is 12.0. The maximum Gasteiger partial charge on any atom is 0.257 e. The number of rotatable bonds is 4. The molecule has 0 aromatic heterocycles. The van der Waals surface area contributed by atoms with Gasteiger partial charge in [-0.15, -0.1) is 0 Å². The highest BCUT2D eigenvalue weighted by Crippen LogP contribution is 2.27. The third-order valence-corrected chi connectivity index (χ3v) is 4.39. The number of aryl methyl sites for hydroxylation is 1. The van der Waals surface area contributed by atoms with Gasteiger partial charge in [-0.25, -0.2) is 4.90 Å². The topological polar surface area (TPSA) is 57.7 Å². The molecule has 3 rings (SSSR count). The summed E-state index contributed by atoms with van der Waals surface area (Å²) < 4.78 is 0. The summed E-state index contributed by atoms with van der Waals surface area (Å²) in [6.45, 7) is 3.67. The van der Waals surface area contributed by atoms with Gasteiger partial charge in [0.05, 0.1) is 12.1 Å². The zero-order chi connectivity index (χ0) is 18.0. The number of carbonyl (C=O) groups excluding carboxylic acids is 3. The number of amides is 3. The quantitative estimate of drug-likeness (QED) is 0.807. The zero-order valence-electron chi connectivity index (χ0n) is 14.3. The summed E-state index contributed by atoms with van der Waals surface area (Å²) in [6.07, 6.45) is 0.0130. The van der Waals surface area contributed by atoms with E-state index < -0.39 is 6.04 Å². The molecular weight excluding hydrogens is 316 g/mol. The summed E-state index contributed by atoms with van der Waals surface area (Å²) in [5.74, 6) is -0.848. The second-order valence-corrected chi connectivity index (χ2v) is 6.26. The number of nitrogens with zero attached hydrogens (tertiary/aromatic N) is 2. The lowest BCUT2D eigenvalue weighted by Crippen LogP contribution is -2.44. The highest BCUT2D eigenvalue weighted by molar-refractivity contribution is 6.22. The minimum Gasteiger partial charge on any atom is -0.326 e. The van der Waals surface area contributed by atoms with Gasteiger partial charge in [-0.3, -0.25) is 14.4 Å². The number of anilines is 1. The number of hydrogen-bond acceptors (Lipinski definition) is 3. The third-order valence-electron chi connectivity index (χ3n) is 4.39. The largest absolute Gasteiger partial charge is 0.326 e. The van der Waals surface area contributed by atoms with Crippen molar-refractivity contribution in [1.82, 2.24) is 4.90 Å². The van der Waals surface area contributed by atoms with Crippen LogP contribution in [0.4, 0.5) is 5.69 Å². The Labute approximate surface area is 146 Å². The molecule has 1 unspecified atom stereocenters. The van der Waals surface area contributed by atoms with Crippen molar-refractivity contribution in [3.63, 3.8) is 0 Å². The molecule has 2 aromatic rings. The van der Waals surface area contributed by atoms with Crippen molar-refractivity contribution in [2.75, 3.05) is 4.90 Å². The Kier molecular flexibility index (Phi) is 4.65. The molecule has 1 aliphatic heterocycles. The molecule has 5 heteroatoms. The first kappa shape index (κ1) is 16.9. The van der Waals surface area contributed by atoms with E-state index >= 15 is 0 Å². The normalized spacial score (nSPS) is 17.0. The minimum atomic E-state index is -0.758. The fourth-order valence-corrected chi connectivity index (χ4v) is 3.05. The molecule has 25 heavy (non-hydrogen) atoms. The molecule has 0 spiro atoms. The molecular formula is C20H20N2O3. The average molecular weight is 336 g/mol. The van der Waals surface area contributed by atoms with E-state index in [0.29, 0.717) is 12.2 Å². The Morgan fingerprint density at radius 3 is 2.32 bits per heavy atom. The maximum absolute atomic E-state index is 12.8. The summed E-state index contributed by atoms with van der Waals surface area (Å²) >= 11 is 0. The van der Waals surface area contributed by atoms with E-state index in [1.165, 1.54) is 16.7 Å². The van der Waals surface area contributed by atoms with Crippen LogP contribution in [-0.2, 0) is 20.9 Å². The lowest BCUT2D eigenvalue weighted by atomic mass is 10.1. The van der Waals surface area contributed by atoms with Crippen molar-refractivity contribution in [3.8, 4) is 0 Å². The molecule has 1 aliphatic rings. The second-order valence-electron chi connectivity index (χ2n) is 6.26. The summed E-state index contributed by atoms with van der Waals surface area (Å²) in [5.41, 5.74) is 2.52. The van der Waals surface area contributed by atoms with Gasteiger partial charge in [-0.2, -0.15) is 0 Å². The predicted octanol–water partition coefficient (Wildman–Crippen LogP) is 2.68. The predicted molar refractivity (Wildman–Crippen MR) is 94.7 cm³/mol. The Morgan fingerprint density at radius 1 is 1.08 bits per heavy atom. The molecule has 128 valence electrons. The summed E-state index contributed by atoms with van der Waals surface area (Å²) in [4.78, 5) is 40.1. The summed E-state index contributed by atoms with van der Waals surface area (Å²) in [5, 5.41) is 0. The van der Waals surface area contributed by atoms with Crippen molar-refractivity contribution in [1.29, 1.82) is 0 Å². The van der Waals surface area contributed by atoms with Crippen LogP contribution >= 0.6 is 0 Å². The van der Waals surface area contributed by atoms with E-state index in [1.807, 2.05) is 49.4 Å². The lowest BCUT2D eigenvalue weighted by Gasteiger charge is -2.26. The highest BCUT2D eigenvalue weighted by Gasteiger charge is 2.43. The second kappa shape index (κ2) is 6.89. The number of carbonyl (C=O) groups is 3. The lowest BCUT2D eigenvalue weighted by molar-refractivity contribution is -0.137. The molecule has 2 aromatic carbocycles. The Bertz CT molecular complexity index is 799. The van der Waals surface area contributed by atoms with Crippen molar-refractivity contribution in [2.45, 2.75) is 32.9 Å².